The van der Waals surface area contributed by atoms with Crippen molar-refractivity contribution in [2.75, 3.05) is 17.2 Å². The Labute approximate surface area is 124 Å². The van der Waals surface area contributed by atoms with Gasteiger partial charge in [-0.05, 0) is 50.1 Å². The first-order valence-corrected chi connectivity index (χ1v) is 7.29. The lowest BCUT2D eigenvalue weighted by Crippen LogP contribution is -2.50. The molecule has 0 bridgehead atoms. The number of nitrogens with one attached hydrogen (secondary N) is 3. The Morgan fingerprint density at radius 1 is 1.24 bits per heavy atom. The molecule has 5 N–H and O–H groups in total. The van der Waals surface area contributed by atoms with Gasteiger partial charge in [0.05, 0.1) is 5.54 Å². The third kappa shape index (κ3) is 3.72. The average molecular weight is 290 g/mol. The molecular weight excluding hydrogens is 268 g/mol. The molecule has 1 saturated heterocycles. The molecule has 3 amide bonds. The van der Waals surface area contributed by atoms with Crippen molar-refractivity contribution in [2.24, 2.45) is 5.73 Å². The molecule has 0 saturated carbocycles. The van der Waals surface area contributed by atoms with Gasteiger partial charge < -0.3 is 21.7 Å². The van der Waals surface area contributed by atoms with Gasteiger partial charge >= 0.3 is 6.03 Å². The second-order valence-corrected chi connectivity index (χ2v) is 5.38. The second kappa shape index (κ2) is 6.58. The molecule has 0 aromatic heterocycles. The smallest absolute Gasteiger partial charge is 0.316 e. The molecule has 6 nitrogen and oxygen atoms in total. The van der Waals surface area contributed by atoms with Crippen molar-refractivity contribution >= 4 is 23.3 Å². The van der Waals surface area contributed by atoms with E-state index in [0.29, 0.717) is 11.4 Å². The molecule has 1 aliphatic heterocycles. The van der Waals surface area contributed by atoms with E-state index in [4.69, 9.17) is 5.73 Å². The summed E-state index contributed by atoms with van der Waals surface area (Å²) in [5.74, 6) is 0.0115. The first-order chi connectivity index (χ1) is 10.1. The van der Waals surface area contributed by atoms with E-state index in [9.17, 15) is 9.59 Å². The number of hydrogen-bond acceptors (Lipinski definition) is 3. The highest BCUT2D eigenvalue weighted by Gasteiger charge is 2.39. The predicted molar refractivity (Wildman–Crippen MR) is 83.2 cm³/mol. The molecule has 0 spiro atoms. The van der Waals surface area contributed by atoms with Crippen LogP contribution in [-0.4, -0.2) is 24.0 Å². The summed E-state index contributed by atoms with van der Waals surface area (Å²) in [6, 6.07) is 6.29. The lowest BCUT2D eigenvalue weighted by atomic mass is 9.91. The van der Waals surface area contributed by atoms with Gasteiger partial charge in [0, 0.05) is 11.4 Å². The first kappa shape index (κ1) is 15.3. The minimum atomic E-state index is -0.608. The summed E-state index contributed by atoms with van der Waals surface area (Å²) in [7, 11) is 0. The number of nitrogens with two attached hydrogens (primary N) is 1. The highest BCUT2D eigenvalue weighted by molar-refractivity contribution is 5.98. The van der Waals surface area contributed by atoms with Gasteiger partial charge in [0.15, 0.2) is 0 Å². The maximum absolute atomic E-state index is 12.5. The van der Waals surface area contributed by atoms with Crippen molar-refractivity contribution in [1.82, 2.24) is 5.32 Å². The summed E-state index contributed by atoms with van der Waals surface area (Å²) in [6.45, 7) is 2.97. The van der Waals surface area contributed by atoms with Crippen molar-refractivity contribution in [3.8, 4) is 0 Å². The van der Waals surface area contributed by atoms with Crippen molar-refractivity contribution in [1.29, 1.82) is 0 Å². The predicted octanol–water partition coefficient (Wildman–Crippen LogP) is 2.04. The summed E-state index contributed by atoms with van der Waals surface area (Å²) >= 11 is 0. The van der Waals surface area contributed by atoms with E-state index in [1.807, 2.05) is 0 Å². The van der Waals surface area contributed by atoms with Crippen LogP contribution in [0.15, 0.2) is 24.3 Å². The van der Waals surface area contributed by atoms with Gasteiger partial charge in [0.1, 0.15) is 0 Å². The van der Waals surface area contributed by atoms with Crippen LogP contribution in [0.25, 0.3) is 0 Å². The fourth-order valence-corrected chi connectivity index (χ4v) is 2.78. The summed E-state index contributed by atoms with van der Waals surface area (Å²) in [4.78, 5) is 23.3. The normalized spacial score (nSPS) is 21.0. The molecule has 1 aromatic rings. The monoisotopic (exact) mass is 290 g/mol. The number of benzene rings is 1. The van der Waals surface area contributed by atoms with Crippen LogP contribution in [0.5, 0.6) is 0 Å². The number of urea groups is 1. The lowest BCUT2D eigenvalue weighted by molar-refractivity contribution is -0.122. The highest BCUT2D eigenvalue weighted by atomic mass is 16.2. The van der Waals surface area contributed by atoms with Gasteiger partial charge in [-0.3, -0.25) is 4.79 Å². The van der Waals surface area contributed by atoms with E-state index in [1.54, 1.807) is 24.3 Å². The van der Waals surface area contributed by atoms with E-state index in [-0.39, 0.29) is 5.91 Å². The zero-order valence-corrected chi connectivity index (χ0v) is 12.2. The Morgan fingerprint density at radius 2 is 1.86 bits per heavy atom. The summed E-state index contributed by atoms with van der Waals surface area (Å²) < 4.78 is 0. The van der Waals surface area contributed by atoms with E-state index in [0.717, 1.165) is 32.2 Å². The number of primary amides is 1. The van der Waals surface area contributed by atoms with Gasteiger partial charge in [-0.15, -0.1) is 0 Å². The molecule has 1 aliphatic rings. The van der Waals surface area contributed by atoms with Crippen LogP contribution in [0.3, 0.4) is 0 Å². The number of carbonyl (C=O) groups is 2. The van der Waals surface area contributed by atoms with Crippen LogP contribution >= 0.6 is 0 Å². The Morgan fingerprint density at radius 3 is 2.33 bits per heavy atom. The molecular formula is C15H22N4O2. The topological polar surface area (TPSA) is 96.2 Å². The second-order valence-electron chi connectivity index (χ2n) is 5.38. The van der Waals surface area contributed by atoms with E-state index in [2.05, 4.69) is 22.9 Å². The fraction of sp³-hybridized carbons (Fsp3) is 0.467. The molecule has 2 rings (SSSR count). The molecule has 21 heavy (non-hydrogen) atoms. The molecule has 0 radical (unpaired) electrons. The zero-order valence-electron chi connectivity index (χ0n) is 12.2. The lowest BCUT2D eigenvalue weighted by Gasteiger charge is -2.27. The maximum Gasteiger partial charge on any atom is 0.316 e. The van der Waals surface area contributed by atoms with Gasteiger partial charge in [0.2, 0.25) is 5.91 Å². The third-order valence-electron chi connectivity index (χ3n) is 3.77. The van der Waals surface area contributed by atoms with Crippen LogP contribution in [0.4, 0.5) is 16.2 Å². The Bertz CT molecular complexity index is 507. The van der Waals surface area contributed by atoms with E-state index in [1.165, 1.54) is 0 Å². The average Bonchev–Trinajstić information content (AvgIpc) is 2.91. The molecule has 1 aromatic carbocycles. The minimum Gasteiger partial charge on any atom is -0.351 e. The SMILES string of the molecule is CCCC1(C(=O)Nc2ccc(NC(N)=O)cc2)CCCN1. The summed E-state index contributed by atoms with van der Waals surface area (Å²) in [5, 5.41) is 8.77. The molecule has 1 heterocycles. The number of amides is 3. The van der Waals surface area contributed by atoms with Crippen LogP contribution in [0.1, 0.15) is 32.6 Å². The Kier molecular flexibility index (Phi) is 4.80. The largest absolute Gasteiger partial charge is 0.351 e. The van der Waals surface area contributed by atoms with Gasteiger partial charge in [-0.1, -0.05) is 13.3 Å². The van der Waals surface area contributed by atoms with Crippen LogP contribution in [0.2, 0.25) is 0 Å². The molecule has 114 valence electrons. The Balaban J connectivity index is 2.03. The third-order valence-corrected chi connectivity index (χ3v) is 3.77. The number of hydrogen-bond donors (Lipinski definition) is 4. The molecule has 0 aliphatic carbocycles. The van der Waals surface area contributed by atoms with Crippen LogP contribution < -0.4 is 21.7 Å². The van der Waals surface area contributed by atoms with Crippen LogP contribution in [-0.2, 0) is 4.79 Å². The number of anilines is 2. The molecule has 1 unspecified atom stereocenters. The van der Waals surface area contributed by atoms with E-state index >= 15 is 0 Å². The van der Waals surface area contributed by atoms with Crippen molar-refractivity contribution < 1.29 is 9.59 Å². The number of rotatable bonds is 5. The van der Waals surface area contributed by atoms with Crippen molar-refractivity contribution in [2.45, 2.75) is 38.1 Å². The van der Waals surface area contributed by atoms with Crippen molar-refractivity contribution in [3.63, 3.8) is 0 Å². The maximum atomic E-state index is 12.5. The van der Waals surface area contributed by atoms with Gasteiger partial charge in [0.25, 0.3) is 0 Å². The van der Waals surface area contributed by atoms with Crippen molar-refractivity contribution in [3.05, 3.63) is 24.3 Å². The standard InChI is InChI=1S/C15H22N4O2/c1-2-8-15(9-3-10-17-15)13(20)18-11-4-6-12(7-5-11)19-14(16)21/h4-7,17H,2-3,8-10H2,1H3,(H,18,20)(H3,16,19,21). The quantitative estimate of drug-likeness (QED) is 0.668. The molecule has 6 heteroatoms. The van der Waals surface area contributed by atoms with E-state index < -0.39 is 11.6 Å². The summed E-state index contributed by atoms with van der Waals surface area (Å²) in [5.41, 5.74) is 5.91. The van der Waals surface area contributed by atoms with Crippen LogP contribution in [0, 0.1) is 0 Å². The number of carbonyl (C=O) groups excluding carboxylic acids is 2. The fourth-order valence-electron chi connectivity index (χ4n) is 2.78. The van der Waals surface area contributed by atoms with Gasteiger partial charge in [-0.25, -0.2) is 4.79 Å². The first-order valence-electron chi connectivity index (χ1n) is 7.29. The van der Waals surface area contributed by atoms with Gasteiger partial charge in [-0.2, -0.15) is 0 Å². The Hall–Kier alpha value is -2.08. The summed E-state index contributed by atoms with van der Waals surface area (Å²) in [6.07, 6.45) is 3.69. The molecule has 1 atom stereocenters. The zero-order chi connectivity index (χ0) is 15.3. The molecule has 1 fully saturated rings. The minimum absolute atomic E-state index is 0.0115. The highest BCUT2D eigenvalue weighted by Crippen LogP contribution is 2.26.